The molecule has 1 aliphatic heterocycles. The number of amides is 1. The van der Waals surface area contributed by atoms with E-state index >= 15 is 0 Å². The van der Waals surface area contributed by atoms with Gasteiger partial charge in [-0.1, -0.05) is 25.3 Å². The maximum absolute atomic E-state index is 12.5. The molecule has 0 aliphatic carbocycles. The number of alkyl halides is 1. The Morgan fingerprint density at radius 3 is 2.65 bits per heavy atom. The highest BCUT2D eigenvalue weighted by molar-refractivity contribution is 7.08. The van der Waals surface area contributed by atoms with Gasteiger partial charge in [-0.25, -0.2) is 0 Å². The van der Waals surface area contributed by atoms with Crippen LogP contribution in [0.3, 0.4) is 0 Å². The highest BCUT2D eigenvalue weighted by Gasteiger charge is 2.35. The van der Waals surface area contributed by atoms with E-state index in [1.54, 1.807) is 0 Å². The monoisotopic (exact) mass is 317 g/mol. The van der Waals surface area contributed by atoms with Gasteiger partial charge in [0.25, 0.3) is 5.91 Å². The number of carbonyl (C=O) groups is 1. The van der Waals surface area contributed by atoms with Gasteiger partial charge < -0.3 is 10.1 Å². The standard InChI is InChI=1S/C13H20ClN3O2S/c1-12(2,3)10-9(20-17-16-10)11(18)15-13(8-14)4-6-19-7-5-13/h4-8H2,1-3H3,(H,15,18). The van der Waals surface area contributed by atoms with Crippen molar-refractivity contribution in [2.45, 2.75) is 44.6 Å². The molecule has 1 aromatic rings. The summed E-state index contributed by atoms with van der Waals surface area (Å²) in [5.74, 6) is 0.256. The van der Waals surface area contributed by atoms with Crippen LogP contribution in [0.2, 0.25) is 0 Å². The fourth-order valence-electron chi connectivity index (χ4n) is 2.18. The van der Waals surface area contributed by atoms with Gasteiger partial charge in [0, 0.05) is 24.5 Å². The van der Waals surface area contributed by atoms with E-state index in [2.05, 4.69) is 14.9 Å². The van der Waals surface area contributed by atoms with Crippen molar-refractivity contribution in [1.29, 1.82) is 0 Å². The average molecular weight is 318 g/mol. The molecule has 2 heterocycles. The van der Waals surface area contributed by atoms with Gasteiger partial charge in [0.15, 0.2) is 0 Å². The van der Waals surface area contributed by atoms with Gasteiger partial charge in [0.2, 0.25) is 0 Å². The molecule has 20 heavy (non-hydrogen) atoms. The Morgan fingerprint density at radius 1 is 1.45 bits per heavy atom. The summed E-state index contributed by atoms with van der Waals surface area (Å²) in [6, 6.07) is 0. The summed E-state index contributed by atoms with van der Waals surface area (Å²) in [5, 5.41) is 7.18. The number of ether oxygens (including phenoxy) is 1. The Hall–Kier alpha value is -0.720. The molecule has 5 nitrogen and oxygen atoms in total. The molecule has 0 spiro atoms. The number of carbonyl (C=O) groups excluding carboxylic acids is 1. The maximum Gasteiger partial charge on any atom is 0.265 e. The highest BCUT2D eigenvalue weighted by Crippen LogP contribution is 2.28. The van der Waals surface area contributed by atoms with Crippen LogP contribution in [0.5, 0.6) is 0 Å². The van der Waals surface area contributed by atoms with Gasteiger partial charge in [-0.05, 0) is 24.4 Å². The molecule has 0 aromatic carbocycles. The van der Waals surface area contributed by atoms with E-state index in [0.29, 0.717) is 24.0 Å². The summed E-state index contributed by atoms with van der Waals surface area (Å²) in [7, 11) is 0. The minimum absolute atomic E-state index is 0.132. The molecule has 1 aromatic heterocycles. The van der Waals surface area contributed by atoms with Crippen LogP contribution in [-0.2, 0) is 10.2 Å². The fourth-order valence-corrected chi connectivity index (χ4v) is 3.29. The van der Waals surface area contributed by atoms with Gasteiger partial charge in [0.05, 0.1) is 11.2 Å². The normalized spacial score (nSPS) is 18.8. The third kappa shape index (κ3) is 3.30. The predicted molar refractivity (Wildman–Crippen MR) is 79.6 cm³/mol. The van der Waals surface area contributed by atoms with Crippen LogP contribution in [0, 0.1) is 0 Å². The number of hydrogen-bond acceptors (Lipinski definition) is 5. The lowest BCUT2D eigenvalue weighted by Crippen LogP contribution is -2.53. The molecule has 2 rings (SSSR count). The molecule has 1 fully saturated rings. The maximum atomic E-state index is 12.5. The number of rotatable bonds is 3. The number of aromatic nitrogens is 2. The first kappa shape index (κ1) is 15.7. The van der Waals surface area contributed by atoms with Gasteiger partial charge in [-0.3, -0.25) is 4.79 Å². The number of hydrogen-bond donors (Lipinski definition) is 1. The molecule has 0 unspecified atom stereocenters. The van der Waals surface area contributed by atoms with Gasteiger partial charge in [0.1, 0.15) is 4.88 Å². The Bertz CT molecular complexity index is 478. The predicted octanol–water partition coefficient (Wildman–Crippen LogP) is 2.35. The van der Waals surface area contributed by atoms with Crippen LogP contribution in [0.25, 0.3) is 0 Å². The molecule has 1 saturated heterocycles. The summed E-state index contributed by atoms with van der Waals surface area (Å²) in [6.07, 6.45) is 1.47. The second-order valence-corrected chi connectivity index (χ2v) is 7.20. The van der Waals surface area contributed by atoms with Crippen molar-refractivity contribution in [2.75, 3.05) is 19.1 Å². The lowest BCUT2D eigenvalue weighted by Gasteiger charge is -2.36. The first-order valence-corrected chi connectivity index (χ1v) is 7.98. The Morgan fingerprint density at radius 2 is 2.10 bits per heavy atom. The summed E-state index contributed by atoms with van der Waals surface area (Å²) in [4.78, 5) is 13.1. The molecule has 112 valence electrons. The molecule has 0 atom stereocenters. The number of nitrogens with zero attached hydrogens (tertiary/aromatic N) is 2. The largest absolute Gasteiger partial charge is 0.381 e. The second kappa shape index (κ2) is 5.95. The van der Waals surface area contributed by atoms with Crippen molar-refractivity contribution in [3.8, 4) is 0 Å². The van der Waals surface area contributed by atoms with Crippen LogP contribution >= 0.6 is 23.1 Å². The minimum Gasteiger partial charge on any atom is -0.381 e. The van der Waals surface area contributed by atoms with Crippen molar-refractivity contribution in [3.63, 3.8) is 0 Å². The number of nitrogens with one attached hydrogen (secondary N) is 1. The molecule has 0 saturated carbocycles. The Kier molecular flexibility index (Phi) is 4.66. The van der Waals surface area contributed by atoms with E-state index in [9.17, 15) is 4.79 Å². The van der Waals surface area contributed by atoms with Crippen molar-refractivity contribution in [3.05, 3.63) is 10.6 Å². The molecular formula is C13H20ClN3O2S. The zero-order valence-electron chi connectivity index (χ0n) is 12.0. The zero-order valence-corrected chi connectivity index (χ0v) is 13.6. The van der Waals surface area contributed by atoms with Crippen LogP contribution in [-0.4, -0.2) is 40.1 Å². The van der Waals surface area contributed by atoms with Crippen molar-refractivity contribution >= 4 is 29.0 Å². The average Bonchev–Trinajstić information content (AvgIpc) is 2.89. The van der Waals surface area contributed by atoms with Gasteiger partial charge in [-0.15, -0.1) is 16.7 Å². The van der Waals surface area contributed by atoms with Crippen LogP contribution in [0.4, 0.5) is 0 Å². The molecule has 1 N–H and O–H groups in total. The fraction of sp³-hybridized carbons (Fsp3) is 0.769. The first-order chi connectivity index (χ1) is 9.38. The highest BCUT2D eigenvalue weighted by atomic mass is 35.5. The van der Waals surface area contributed by atoms with Gasteiger partial charge in [-0.2, -0.15) is 0 Å². The topological polar surface area (TPSA) is 64.1 Å². The SMILES string of the molecule is CC(C)(C)c1nnsc1C(=O)NC1(CCl)CCOCC1. The summed E-state index contributed by atoms with van der Waals surface area (Å²) in [5.41, 5.74) is 0.149. The second-order valence-electron chi connectivity index (χ2n) is 6.18. The van der Waals surface area contributed by atoms with Crippen molar-refractivity contribution < 1.29 is 9.53 Å². The van der Waals surface area contributed by atoms with Gasteiger partial charge >= 0.3 is 0 Å². The lowest BCUT2D eigenvalue weighted by molar-refractivity contribution is 0.0434. The Balaban J connectivity index is 2.18. The zero-order chi connectivity index (χ0) is 14.8. The van der Waals surface area contributed by atoms with E-state index in [0.717, 1.165) is 30.1 Å². The molecule has 7 heteroatoms. The van der Waals surface area contributed by atoms with E-state index in [1.165, 1.54) is 0 Å². The molecule has 1 amide bonds. The third-order valence-electron chi connectivity index (χ3n) is 3.49. The molecule has 0 bridgehead atoms. The summed E-state index contributed by atoms with van der Waals surface area (Å²) >= 11 is 7.21. The minimum atomic E-state index is -0.379. The summed E-state index contributed by atoms with van der Waals surface area (Å²) < 4.78 is 9.27. The van der Waals surface area contributed by atoms with E-state index < -0.39 is 0 Å². The lowest BCUT2D eigenvalue weighted by atomic mass is 9.90. The van der Waals surface area contributed by atoms with E-state index in [1.807, 2.05) is 20.8 Å². The number of halogens is 1. The van der Waals surface area contributed by atoms with E-state index in [-0.39, 0.29) is 16.9 Å². The smallest absolute Gasteiger partial charge is 0.265 e. The van der Waals surface area contributed by atoms with Crippen LogP contribution in [0.15, 0.2) is 0 Å². The van der Waals surface area contributed by atoms with Crippen molar-refractivity contribution in [1.82, 2.24) is 14.9 Å². The Labute approximate surface area is 128 Å². The summed E-state index contributed by atoms with van der Waals surface area (Å²) in [6.45, 7) is 7.31. The van der Waals surface area contributed by atoms with Crippen molar-refractivity contribution in [2.24, 2.45) is 0 Å². The van der Waals surface area contributed by atoms with Crippen LogP contribution < -0.4 is 5.32 Å². The molecular weight excluding hydrogens is 298 g/mol. The van der Waals surface area contributed by atoms with Crippen LogP contribution in [0.1, 0.15) is 49.0 Å². The first-order valence-electron chi connectivity index (χ1n) is 6.67. The van der Waals surface area contributed by atoms with E-state index in [4.69, 9.17) is 16.3 Å². The molecule has 0 radical (unpaired) electrons. The quantitative estimate of drug-likeness (QED) is 0.869. The third-order valence-corrected chi connectivity index (χ3v) is 4.73. The molecule has 1 aliphatic rings.